The first-order valence-electron chi connectivity index (χ1n) is 8.01. The lowest BCUT2D eigenvalue weighted by Crippen LogP contribution is -2.51. The summed E-state index contributed by atoms with van der Waals surface area (Å²) in [6, 6.07) is 8.23. The predicted octanol–water partition coefficient (Wildman–Crippen LogP) is 4.29. The van der Waals surface area contributed by atoms with Crippen LogP contribution in [0.15, 0.2) is 24.3 Å². The Labute approximate surface area is 142 Å². The zero-order valence-corrected chi connectivity index (χ0v) is 15.6. The smallest absolute Gasteiger partial charge is 0.0936 e. The fourth-order valence-corrected chi connectivity index (χ4v) is 4.19. The fourth-order valence-electron chi connectivity index (χ4n) is 3.83. The molecule has 0 heterocycles. The number of aliphatic hydroxyl groups is 1. The molecule has 0 spiro atoms. The Balaban J connectivity index is 2.25. The maximum atomic E-state index is 11.3. The maximum absolute atomic E-state index is 11.3. The zero-order valence-electron chi connectivity index (χ0n) is 13.4. The Morgan fingerprint density at radius 3 is 2.24 bits per heavy atom. The minimum Gasteiger partial charge on any atom is -0.385 e. The predicted molar refractivity (Wildman–Crippen MR) is 97.0 cm³/mol. The molecule has 1 aromatic carbocycles. The SMILES string of the molecule is CC(C)C1CCC(CN)(C(C)(O)c2ccc(I)cc2)CC1. The van der Waals surface area contributed by atoms with Crippen LogP contribution in [0.4, 0.5) is 0 Å². The second-order valence-electron chi connectivity index (χ2n) is 7.15. The molecule has 0 radical (unpaired) electrons. The Bertz CT molecular complexity index is 459. The molecule has 2 nitrogen and oxygen atoms in total. The van der Waals surface area contributed by atoms with E-state index < -0.39 is 5.60 Å². The third-order valence-corrected chi connectivity index (χ3v) is 6.48. The molecule has 0 aromatic heterocycles. The lowest BCUT2D eigenvalue weighted by atomic mass is 9.59. The number of hydrogen-bond donors (Lipinski definition) is 2. The first kappa shape index (κ1) is 17.2. The van der Waals surface area contributed by atoms with Crippen molar-refractivity contribution >= 4 is 22.6 Å². The van der Waals surface area contributed by atoms with Gasteiger partial charge in [-0.25, -0.2) is 0 Å². The quantitative estimate of drug-likeness (QED) is 0.740. The lowest BCUT2D eigenvalue weighted by molar-refractivity contribution is -0.100. The molecule has 1 unspecified atom stereocenters. The monoisotopic (exact) mass is 401 g/mol. The second-order valence-corrected chi connectivity index (χ2v) is 8.39. The van der Waals surface area contributed by atoms with E-state index in [1.807, 2.05) is 19.1 Å². The van der Waals surface area contributed by atoms with Crippen LogP contribution in [0.5, 0.6) is 0 Å². The summed E-state index contributed by atoms with van der Waals surface area (Å²) in [5.74, 6) is 1.50. The van der Waals surface area contributed by atoms with Crippen LogP contribution in [-0.2, 0) is 5.60 Å². The van der Waals surface area contributed by atoms with Crippen LogP contribution in [0.3, 0.4) is 0 Å². The Morgan fingerprint density at radius 2 is 1.81 bits per heavy atom. The van der Waals surface area contributed by atoms with Gasteiger partial charge in [-0.1, -0.05) is 26.0 Å². The first-order valence-corrected chi connectivity index (χ1v) is 9.09. The molecular weight excluding hydrogens is 373 g/mol. The number of nitrogens with two attached hydrogens (primary N) is 1. The van der Waals surface area contributed by atoms with Gasteiger partial charge in [0, 0.05) is 15.5 Å². The van der Waals surface area contributed by atoms with Gasteiger partial charge in [0.15, 0.2) is 0 Å². The van der Waals surface area contributed by atoms with E-state index in [1.165, 1.54) is 16.4 Å². The van der Waals surface area contributed by atoms with Gasteiger partial charge in [-0.2, -0.15) is 0 Å². The van der Waals surface area contributed by atoms with E-state index in [2.05, 4.69) is 48.6 Å². The molecule has 0 aliphatic heterocycles. The third-order valence-electron chi connectivity index (χ3n) is 5.76. The van der Waals surface area contributed by atoms with Gasteiger partial charge >= 0.3 is 0 Å². The lowest BCUT2D eigenvalue weighted by Gasteiger charge is -2.49. The van der Waals surface area contributed by atoms with E-state index >= 15 is 0 Å². The fraction of sp³-hybridized carbons (Fsp3) is 0.667. The molecule has 0 bridgehead atoms. The summed E-state index contributed by atoms with van der Waals surface area (Å²) in [5, 5.41) is 11.3. The van der Waals surface area contributed by atoms with E-state index in [4.69, 9.17) is 5.73 Å². The molecule has 3 N–H and O–H groups in total. The van der Waals surface area contributed by atoms with E-state index in [0.29, 0.717) is 6.54 Å². The van der Waals surface area contributed by atoms with Crippen molar-refractivity contribution in [3.63, 3.8) is 0 Å². The van der Waals surface area contributed by atoms with E-state index in [-0.39, 0.29) is 5.41 Å². The minimum absolute atomic E-state index is 0.189. The number of halogens is 1. The van der Waals surface area contributed by atoms with Gasteiger partial charge in [-0.15, -0.1) is 0 Å². The van der Waals surface area contributed by atoms with Crippen molar-refractivity contribution in [2.24, 2.45) is 23.0 Å². The second kappa shape index (κ2) is 6.55. The molecule has 1 atom stereocenters. The Hall–Kier alpha value is -0.130. The Kier molecular flexibility index (Phi) is 5.37. The van der Waals surface area contributed by atoms with Crippen LogP contribution >= 0.6 is 22.6 Å². The van der Waals surface area contributed by atoms with Gasteiger partial charge in [0.1, 0.15) is 0 Å². The summed E-state index contributed by atoms with van der Waals surface area (Å²) in [6.45, 7) is 7.11. The van der Waals surface area contributed by atoms with Crippen LogP contribution in [0.2, 0.25) is 0 Å². The molecule has 1 fully saturated rings. The molecule has 118 valence electrons. The molecule has 1 aliphatic carbocycles. The summed E-state index contributed by atoms with van der Waals surface area (Å²) >= 11 is 2.30. The van der Waals surface area contributed by atoms with Gasteiger partial charge < -0.3 is 10.8 Å². The largest absolute Gasteiger partial charge is 0.385 e. The van der Waals surface area contributed by atoms with Gasteiger partial charge in [0.05, 0.1) is 5.60 Å². The zero-order chi connectivity index (χ0) is 15.7. The van der Waals surface area contributed by atoms with Crippen LogP contribution in [0.1, 0.15) is 52.0 Å². The van der Waals surface area contributed by atoms with Gasteiger partial charge in [0.25, 0.3) is 0 Å². The molecule has 1 aromatic rings. The van der Waals surface area contributed by atoms with Crippen molar-refractivity contribution in [2.45, 2.75) is 52.1 Å². The van der Waals surface area contributed by atoms with Crippen LogP contribution in [0, 0.1) is 20.8 Å². The third kappa shape index (κ3) is 3.30. The van der Waals surface area contributed by atoms with Crippen molar-refractivity contribution in [2.75, 3.05) is 6.54 Å². The van der Waals surface area contributed by atoms with Crippen LogP contribution in [-0.4, -0.2) is 11.7 Å². The summed E-state index contributed by atoms with van der Waals surface area (Å²) in [5.41, 5.74) is 6.11. The van der Waals surface area contributed by atoms with Crippen molar-refractivity contribution < 1.29 is 5.11 Å². The summed E-state index contributed by atoms with van der Waals surface area (Å²) in [7, 11) is 0. The molecule has 0 saturated heterocycles. The maximum Gasteiger partial charge on any atom is 0.0936 e. The standard InChI is InChI=1S/C18H28INO/c1-13(2)14-8-10-18(12-20,11-9-14)17(3,21)15-4-6-16(19)7-5-15/h4-7,13-14,21H,8-12,20H2,1-3H3. The molecule has 1 aliphatic rings. The van der Waals surface area contributed by atoms with Crippen molar-refractivity contribution in [3.05, 3.63) is 33.4 Å². The average molecular weight is 401 g/mol. The van der Waals surface area contributed by atoms with Crippen molar-refractivity contribution in [1.82, 2.24) is 0 Å². The summed E-state index contributed by atoms with van der Waals surface area (Å²) in [6.07, 6.45) is 4.39. The average Bonchev–Trinajstić information content (AvgIpc) is 2.47. The highest BCUT2D eigenvalue weighted by atomic mass is 127. The molecule has 1 saturated carbocycles. The van der Waals surface area contributed by atoms with Gasteiger partial charge in [0.2, 0.25) is 0 Å². The molecule has 21 heavy (non-hydrogen) atoms. The number of rotatable bonds is 4. The highest BCUT2D eigenvalue weighted by Gasteiger charge is 2.49. The van der Waals surface area contributed by atoms with E-state index in [9.17, 15) is 5.11 Å². The van der Waals surface area contributed by atoms with E-state index in [1.54, 1.807) is 0 Å². The summed E-state index contributed by atoms with van der Waals surface area (Å²) in [4.78, 5) is 0. The highest BCUT2D eigenvalue weighted by Crippen LogP contribution is 2.51. The number of hydrogen-bond acceptors (Lipinski definition) is 2. The summed E-state index contributed by atoms with van der Waals surface area (Å²) < 4.78 is 1.19. The first-order chi connectivity index (χ1) is 9.82. The van der Waals surface area contributed by atoms with Crippen LogP contribution < -0.4 is 5.73 Å². The minimum atomic E-state index is -0.853. The van der Waals surface area contributed by atoms with Crippen molar-refractivity contribution in [3.8, 4) is 0 Å². The molecular formula is C18H28INO. The topological polar surface area (TPSA) is 46.2 Å². The van der Waals surface area contributed by atoms with E-state index in [0.717, 1.165) is 30.2 Å². The molecule has 3 heteroatoms. The van der Waals surface area contributed by atoms with Gasteiger partial charge in [-0.3, -0.25) is 0 Å². The van der Waals surface area contributed by atoms with Crippen LogP contribution in [0.25, 0.3) is 0 Å². The normalized spacial score (nSPS) is 29.4. The Morgan fingerprint density at radius 1 is 1.29 bits per heavy atom. The van der Waals surface area contributed by atoms with Crippen molar-refractivity contribution in [1.29, 1.82) is 0 Å². The van der Waals surface area contributed by atoms with Gasteiger partial charge in [-0.05, 0) is 84.7 Å². The highest BCUT2D eigenvalue weighted by molar-refractivity contribution is 14.1. The number of benzene rings is 1. The molecule has 0 amide bonds. The molecule has 2 rings (SSSR count).